The van der Waals surface area contributed by atoms with E-state index in [-0.39, 0.29) is 10.8 Å². The fraction of sp³-hybridized carbons (Fsp3) is 0.538. The van der Waals surface area contributed by atoms with Gasteiger partial charge >= 0.3 is 0 Å². The van der Waals surface area contributed by atoms with Crippen LogP contribution in [0.25, 0.3) is 0 Å². The van der Waals surface area contributed by atoms with E-state index in [0.717, 1.165) is 24.4 Å². The minimum absolute atomic E-state index is 0.203. The zero-order valence-electron chi connectivity index (χ0n) is 9.47. The van der Waals surface area contributed by atoms with Crippen molar-refractivity contribution in [1.29, 1.82) is 0 Å². The number of nitrogens with one attached hydrogen (secondary N) is 1. The molecule has 1 N–H and O–H groups in total. The zero-order valence-corrected chi connectivity index (χ0v) is 10.2. The van der Waals surface area contributed by atoms with Crippen LogP contribution in [0, 0.1) is 11.7 Å². The van der Waals surface area contributed by atoms with Crippen LogP contribution in [0.2, 0.25) is 5.02 Å². The van der Waals surface area contributed by atoms with Crippen LogP contribution < -0.4 is 5.32 Å². The zero-order chi connectivity index (χ0) is 11.5. The SMILES string of the molecule is CC1CCNC(Cc2ccc(Cl)c(F)c2)C1. The number of hydrogen-bond acceptors (Lipinski definition) is 1. The molecule has 2 atom stereocenters. The molecule has 0 amide bonds. The van der Waals surface area contributed by atoms with Gasteiger partial charge in [0, 0.05) is 6.04 Å². The molecule has 1 aliphatic rings. The monoisotopic (exact) mass is 241 g/mol. The number of rotatable bonds is 2. The predicted octanol–water partition coefficient (Wildman–Crippen LogP) is 3.41. The molecule has 1 fully saturated rings. The van der Waals surface area contributed by atoms with Gasteiger partial charge in [-0.05, 0) is 49.4 Å². The van der Waals surface area contributed by atoms with Crippen molar-refractivity contribution in [2.24, 2.45) is 5.92 Å². The molecule has 1 aromatic carbocycles. The highest BCUT2D eigenvalue weighted by molar-refractivity contribution is 6.30. The van der Waals surface area contributed by atoms with E-state index in [1.807, 2.05) is 6.07 Å². The third-order valence-corrected chi connectivity index (χ3v) is 3.53. The van der Waals surface area contributed by atoms with Crippen molar-refractivity contribution in [3.05, 3.63) is 34.6 Å². The Balaban J connectivity index is 2.00. The summed E-state index contributed by atoms with van der Waals surface area (Å²) >= 11 is 5.66. The first-order chi connectivity index (χ1) is 7.65. The Labute approximate surface area is 101 Å². The first-order valence-electron chi connectivity index (χ1n) is 5.82. The van der Waals surface area contributed by atoms with E-state index in [0.29, 0.717) is 6.04 Å². The molecule has 2 unspecified atom stereocenters. The summed E-state index contributed by atoms with van der Waals surface area (Å²) in [5.41, 5.74) is 1.02. The van der Waals surface area contributed by atoms with Gasteiger partial charge in [-0.2, -0.15) is 0 Å². The Morgan fingerprint density at radius 2 is 2.31 bits per heavy atom. The molecule has 0 radical (unpaired) electrons. The van der Waals surface area contributed by atoms with Gasteiger partial charge < -0.3 is 5.32 Å². The summed E-state index contributed by atoms with van der Waals surface area (Å²) in [6.07, 6.45) is 3.30. The average molecular weight is 242 g/mol. The summed E-state index contributed by atoms with van der Waals surface area (Å²) < 4.78 is 13.3. The maximum Gasteiger partial charge on any atom is 0.142 e. The molecule has 1 saturated heterocycles. The Bertz CT molecular complexity index is 367. The largest absolute Gasteiger partial charge is 0.314 e. The second-order valence-corrected chi connectivity index (χ2v) is 5.14. The molecule has 1 aromatic rings. The van der Waals surface area contributed by atoms with Crippen LogP contribution >= 0.6 is 11.6 Å². The fourth-order valence-electron chi connectivity index (χ4n) is 2.33. The molecular formula is C13H17ClFN. The van der Waals surface area contributed by atoms with Crippen molar-refractivity contribution >= 4 is 11.6 Å². The van der Waals surface area contributed by atoms with Gasteiger partial charge in [-0.25, -0.2) is 4.39 Å². The van der Waals surface area contributed by atoms with Crippen molar-refractivity contribution in [2.75, 3.05) is 6.54 Å². The quantitative estimate of drug-likeness (QED) is 0.837. The van der Waals surface area contributed by atoms with Crippen LogP contribution in [0.4, 0.5) is 4.39 Å². The fourth-order valence-corrected chi connectivity index (χ4v) is 2.44. The Morgan fingerprint density at radius 1 is 1.50 bits per heavy atom. The lowest BCUT2D eigenvalue weighted by Gasteiger charge is -2.28. The molecule has 1 aliphatic heterocycles. The lowest BCUT2D eigenvalue weighted by atomic mass is 9.90. The topological polar surface area (TPSA) is 12.0 Å². The Morgan fingerprint density at radius 3 is 3.00 bits per heavy atom. The molecule has 2 rings (SSSR count). The van der Waals surface area contributed by atoms with Crippen molar-refractivity contribution in [2.45, 2.75) is 32.2 Å². The Hall–Kier alpha value is -0.600. The van der Waals surface area contributed by atoms with Crippen LogP contribution in [0.1, 0.15) is 25.3 Å². The standard InChI is InChI=1S/C13H17ClFN/c1-9-4-5-16-11(6-9)7-10-2-3-12(14)13(15)8-10/h2-3,8-9,11,16H,4-7H2,1H3. The molecule has 0 bridgehead atoms. The second kappa shape index (κ2) is 5.15. The molecule has 3 heteroatoms. The summed E-state index contributed by atoms with van der Waals surface area (Å²) in [5.74, 6) is 0.450. The van der Waals surface area contributed by atoms with Crippen molar-refractivity contribution in [1.82, 2.24) is 5.32 Å². The van der Waals surface area contributed by atoms with E-state index >= 15 is 0 Å². The van der Waals surface area contributed by atoms with Gasteiger partial charge in [0.05, 0.1) is 5.02 Å². The average Bonchev–Trinajstić information content (AvgIpc) is 2.24. The van der Waals surface area contributed by atoms with E-state index in [1.165, 1.54) is 12.8 Å². The third-order valence-electron chi connectivity index (χ3n) is 3.22. The van der Waals surface area contributed by atoms with Gasteiger partial charge in [-0.3, -0.25) is 0 Å². The normalized spacial score (nSPS) is 25.7. The highest BCUT2D eigenvalue weighted by Gasteiger charge is 2.18. The molecule has 0 aromatic heterocycles. The number of halogens is 2. The van der Waals surface area contributed by atoms with Crippen LogP contribution in [0.3, 0.4) is 0 Å². The minimum Gasteiger partial charge on any atom is -0.314 e. The maximum absolute atomic E-state index is 13.3. The summed E-state index contributed by atoms with van der Waals surface area (Å²) in [7, 11) is 0. The smallest absolute Gasteiger partial charge is 0.142 e. The highest BCUT2D eigenvalue weighted by Crippen LogP contribution is 2.20. The van der Waals surface area contributed by atoms with E-state index in [9.17, 15) is 4.39 Å². The van der Waals surface area contributed by atoms with Crippen LogP contribution in [-0.2, 0) is 6.42 Å². The summed E-state index contributed by atoms with van der Waals surface area (Å²) in [4.78, 5) is 0. The summed E-state index contributed by atoms with van der Waals surface area (Å²) in [6, 6.07) is 5.57. The second-order valence-electron chi connectivity index (χ2n) is 4.73. The highest BCUT2D eigenvalue weighted by atomic mass is 35.5. The van der Waals surface area contributed by atoms with Gasteiger partial charge in [-0.1, -0.05) is 24.6 Å². The van der Waals surface area contributed by atoms with Gasteiger partial charge in [0.15, 0.2) is 0 Å². The van der Waals surface area contributed by atoms with E-state index in [1.54, 1.807) is 12.1 Å². The Kier molecular flexibility index (Phi) is 3.82. The number of hydrogen-bond donors (Lipinski definition) is 1. The van der Waals surface area contributed by atoms with Crippen LogP contribution in [-0.4, -0.2) is 12.6 Å². The number of piperidine rings is 1. The van der Waals surface area contributed by atoms with Crippen LogP contribution in [0.5, 0.6) is 0 Å². The van der Waals surface area contributed by atoms with Gasteiger partial charge in [0.25, 0.3) is 0 Å². The first kappa shape index (κ1) is 11.9. The van der Waals surface area contributed by atoms with Crippen molar-refractivity contribution < 1.29 is 4.39 Å². The molecule has 1 heterocycles. The van der Waals surface area contributed by atoms with Gasteiger partial charge in [0.2, 0.25) is 0 Å². The van der Waals surface area contributed by atoms with Gasteiger partial charge in [0.1, 0.15) is 5.82 Å². The molecule has 0 saturated carbocycles. The predicted molar refractivity (Wildman–Crippen MR) is 65.3 cm³/mol. The van der Waals surface area contributed by atoms with E-state index in [2.05, 4.69) is 12.2 Å². The maximum atomic E-state index is 13.3. The molecule has 0 aliphatic carbocycles. The minimum atomic E-state index is -0.317. The van der Waals surface area contributed by atoms with Crippen molar-refractivity contribution in [3.63, 3.8) is 0 Å². The molecule has 16 heavy (non-hydrogen) atoms. The number of benzene rings is 1. The molecule has 0 spiro atoms. The van der Waals surface area contributed by atoms with Gasteiger partial charge in [-0.15, -0.1) is 0 Å². The van der Waals surface area contributed by atoms with E-state index in [4.69, 9.17) is 11.6 Å². The molecular weight excluding hydrogens is 225 g/mol. The van der Waals surface area contributed by atoms with Crippen LogP contribution in [0.15, 0.2) is 18.2 Å². The molecule has 1 nitrogen and oxygen atoms in total. The lowest BCUT2D eigenvalue weighted by molar-refractivity contribution is 0.318. The molecule has 88 valence electrons. The first-order valence-corrected chi connectivity index (χ1v) is 6.20. The summed E-state index contributed by atoms with van der Waals surface area (Å²) in [6.45, 7) is 3.35. The van der Waals surface area contributed by atoms with Crippen molar-refractivity contribution in [3.8, 4) is 0 Å². The van der Waals surface area contributed by atoms with E-state index < -0.39 is 0 Å². The third kappa shape index (κ3) is 2.96. The lowest BCUT2D eigenvalue weighted by Crippen LogP contribution is -2.38. The summed E-state index contributed by atoms with van der Waals surface area (Å²) in [5, 5.41) is 3.68.